The fourth-order valence-corrected chi connectivity index (χ4v) is 5.26. The van der Waals surface area contributed by atoms with E-state index >= 15 is 0 Å². The van der Waals surface area contributed by atoms with E-state index in [0.29, 0.717) is 19.0 Å². The van der Waals surface area contributed by atoms with Crippen molar-refractivity contribution in [2.45, 2.75) is 26.2 Å². The first kappa shape index (κ1) is 14.1. The summed E-state index contributed by atoms with van der Waals surface area (Å²) in [5.74, 6) is 0.897. The number of nitrogens with zero attached hydrogens (tertiary/aromatic N) is 1. The van der Waals surface area contributed by atoms with Gasteiger partial charge >= 0.3 is 0 Å². The van der Waals surface area contributed by atoms with Crippen LogP contribution in [0, 0.1) is 5.92 Å². The summed E-state index contributed by atoms with van der Waals surface area (Å²) in [6.07, 6.45) is 3.33. The van der Waals surface area contributed by atoms with Gasteiger partial charge in [0.2, 0.25) is 0 Å². The Balaban J connectivity index is 1.75. The van der Waals surface area contributed by atoms with E-state index in [1.807, 2.05) is 6.07 Å². The van der Waals surface area contributed by atoms with Gasteiger partial charge in [0.1, 0.15) is 0 Å². The Bertz CT molecular complexity index is 619. The maximum Gasteiger partial charge on any atom is 0.263 e. The number of sulfone groups is 1. The molecule has 1 aromatic rings. The van der Waals surface area contributed by atoms with Crippen LogP contribution in [0.2, 0.25) is 0 Å². The zero-order chi connectivity index (χ0) is 14.3. The summed E-state index contributed by atoms with van der Waals surface area (Å²) in [6.45, 7) is 2.91. The van der Waals surface area contributed by atoms with E-state index in [4.69, 9.17) is 0 Å². The molecular weight excluding hydrogens is 294 g/mol. The molecule has 0 bridgehead atoms. The smallest absolute Gasteiger partial charge is 0.263 e. The second kappa shape index (κ2) is 5.15. The van der Waals surface area contributed by atoms with Gasteiger partial charge in [-0.25, -0.2) is 8.42 Å². The Morgan fingerprint density at radius 3 is 2.75 bits per heavy atom. The number of hydrogen-bond acceptors (Lipinski definition) is 4. The van der Waals surface area contributed by atoms with Crippen molar-refractivity contribution in [1.82, 2.24) is 4.90 Å². The highest BCUT2D eigenvalue weighted by atomic mass is 32.2. The summed E-state index contributed by atoms with van der Waals surface area (Å²) in [5.41, 5.74) is 1.32. The van der Waals surface area contributed by atoms with E-state index in [1.54, 1.807) is 16.2 Å². The number of fused-ring (bicyclic) bond motifs is 1. The maximum atomic E-state index is 12.5. The monoisotopic (exact) mass is 313 g/mol. The van der Waals surface area contributed by atoms with Crippen LogP contribution >= 0.6 is 11.3 Å². The fourth-order valence-electron chi connectivity index (χ4n) is 2.88. The van der Waals surface area contributed by atoms with Gasteiger partial charge < -0.3 is 4.90 Å². The molecule has 1 atom stereocenters. The minimum Gasteiger partial charge on any atom is -0.336 e. The van der Waals surface area contributed by atoms with Crippen molar-refractivity contribution in [2.75, 3.05) is 24.6 Å². The van der Waals surface area contributed by atoms with Crippen LogP contribution < -0.4 is 0 Å². The van der Waals surface area contributed by atoms with Crippen molar-refractivity contribution >= 4 is 27.1 Å². The van der Waals surface area contributed by atoms with E-state index in [-0.39, 0.29) is 17.4 Å². The molecule has 0 saturated carbocycles. The van der Waals surface area contributed by atoms with Crippen molar-refractivity contribution in [3.63, 3.8) is 0 Å². The van der Waals surface area contributed by atoms with Crippen LogP contribution in [-0.4, -0.2) is 43.8 Å². The zero-order valence-corrected chi connectivity index (χ0v) is 13.2. The third-order valence-electron chi connectivity index (χ3n) is 4.17. The molecule has 0 spiro atoms. The first-order chi connectivity index (χ1) is 9.44. The predicted octanol–water partition coefficient (Wildman–Crippen LogP) is 1.74. The zero-order valence-electron chi connectivity index (χ0n) is 11.6. The van der Waals surface area contributed by atoms with E-state index in [1.165, 1.54) is 16.9 Å². The van der Waals surface area contributed by atoms with Gasteiger partial charge in [-0.1, -0.05) is 6.92 Å². The van der Waals surface area contributed by atoms with Crippen molar-refractivity contribution in [3.05, 3.63) is 21.4 Å². The highest BCUT2D eigenvalue weighted by Crippen LogP contribution is 2.32. The maximum absolute atomic E-state index is 12.5. The molecule has 4 nitrogen and oxygen atoms in total. The van der Waals surface area contributed by atoms with Crippen LogP contribution in [0.25, 0.3) is 0 Å². The minimum atomic E-state index is -2.93. The van der Waals surface area contributed by atoms with Crippen molar-refractivity contribution in [3.8, 4) is 0 Å². The minimum absolute atomic E-state index is 0.00644. The van der Waals surface area contributed by atoms with Gasteiger partial charge in [0.05, 0.1) is 16.4 Å². The Labute approximate surface area is 123 Å². The molecule has 20 heavy (non-hydrogen) atoms. The van der Waals surface area contributed by atoms with Crippen LogP contribution in [-0.2, 0) is 22.7 Å². The molecule has 6 heteroatoms. The lowest BCUT2D eigenvalue weighted by Gasteiger charge is -2.26. The highest BCUT2D eigenvalue weighted by molar-refractivity contribution is 7.91. The summed E-state index contributed by atoms with van der Waals surface area (Å²) >= 11 is 1.60. The van der Waals surface area contributed by atoms with Gasteiger partial charge in [-0.3, -0.25) is 4.79 Å². The summed E-state index contributed by atoms with van der Waals surface area (Å²) < 4.78 is 22.8. The summed E-state index contributed by atoms with van der Waals surface area (Å²) in [6, 6.07) is 2.03. The number of thiophene rings is 1. The molecule has 0 N–H and O–H groups in total. The SMILES string of the molecule is C[C@@H]1CCc2sc(C(=O)N3CCS(=O)(=O)CC3)cc2C1. The number of carbonyl (C=O) groups excluding carboxylic acids is 1. The quantitative estimate of drug-likeness (QED) is 0.793. The van der Waals surface area contributed by atoms with Crippen molar-refractivity contribution < 1.29 is 13.2 Å². The predicted molar refractivity (Wildman–Crippen MR) is 80.1 cm³/mol. The van der Waals surface area contributed by atoms with Gasteiger partial charge in [-0.15, -0.1) is 11.3 Å². The number of amides is 1. The molecule has 3 rings (SSSR count). The lowest BCUT2D eigenvalue weighted by Crippen LogP contribution is -2.43. The Morgan fingerprint density at radius 1 is 1.35 bits per heavy atom. The van der Waals surface area contributed by atoms with Gasteiger partial charge in [0.25, 0.3) is 5.91 Å². The Morgan fingerprint density at radius 2 is 2.05 bits per heavy atom. The van der Waals surface area contributed by atoms with E-state index in [2.05, 4.69) is 6.92 Å². The molecule has 1 saturated heterocycles. The standard InChI is InChI=1S/C14H19NO3S2/c1-10-2-3-12-11(8-10)9-13(19-12)14(16)15-4-6-20(17,18)7-5-15/h9-10H,2-8H2,1H3/t10-/m1/s1. The molecule has 2 heterocycles. The summed E-state index contributed by atoms with van der Waals surface area (Å²) in [4.78, 5) is 16.3. The van der Waals surface area contributed by atoms with Crippen molar-refractivity contribution in [1.29, 1.82) is 0 Å². The summed E-state index contributed by atoms with van der Waals surface area (Å²) in [7, 11) is -2.93. The summed E-state index contributed by atoms with van der Waals surface area (Å²) in [5, 5.41) is 0. The van der Waals surface area contributed by atoms with Crippen LogP contribution in [0.15, 0.2) is 6.07 Å². The average molecular weight is 313 g/mol. The van der Waals surface area contributed by atoms with Crippen molar-refractivity contribution in [2.24, 2.45) is 5.92 Å². The number of hydrogen-bond donors (Lipinski definition) is 0. The topological polar surface area (TPSA) is 54.5 Å². The molecule has 1 aliphatic heterocycles. The van der Waals surface area contributed by atoms with Crippen LogP contribution in [0.4, 0.5) is 0 Å². The first-order valence-electron chi connectivity index (χ1n) is 7.06. The molecule has 0 aromatic carbocycles. The second-order valence-electron chi connectivity index (χ2n) is 5.85. The van der Waals surface area contributed by atoms with Gasteiger partial charge in [-0.05, 0) is 36.8 Å². The fraction of sp³-hybridized carbons (Fsp3) is 0.643. The number of aryl methyl sites for hydroxylation is 1. The normalized spacial score (nSPS) is 25.2. The third kappa shape index (κ3) is 2.76. The van der Waals surface area contributed by atoms with Gasteiger partial charge in [0, 0.05) is 18.0 Å². The Hall–Kier alpha value is -0.880. The van der Waals surface area contributed by atoms with Gasteiger partial charge in [-0.2, -0.15) is 0 Å². The third-order valence-corrected chi connectivity index (χ3v) is 7.01. The van der Waals surface area contributed by atoms with E-state index < -0.39 is 9.84 Å². The number of rotatable bonds is 1. The molecule has 1 aromatic heterocycles. The number of carbonyl (C=O) groups is 1. The lowest BCUT2D eigenvalue weighted by molar-refractivity contribution is 0.0775. The molecule has 1 amide bonds. The van der Waals surface area contributed by atoms with Crippen LogP contribution in [0.5, 0.6) is 0 Å². The lowest BCUT2D eigenvalue weighted by atomic mass is 9.90. The molecule has 1 fully saturated rings. The van der Waals surface area contributed by atoms with E-state index in [9.17, 15) is 13.2 Å². The van der Waals surface area contributed by atoms with Crippen LogP contribution in [0.1, 0.15) is 33.5 Å². The average Bonchev–Trinajstić information content (AvgIpc) is 2.80. The molecular formula is C14H19NO3S2. The van der Waals surface area contributed by atoms with E-state index in [0.717, 1.165) is 17.7 Å². The largest absolute Gasteiger partial charge is 0.336 e. The Kier molecular flexibility index (Phi) is 3.62. The molecule has 110 valence electrons. The van der Waals surface area contributed by atoms with Crippen LogP contribution in [0.3, 0.4) is 0 Å². The van der Waals surface area contributed by atoms with Gasteiger partial charge in [0.15, 0.2) is 9.84 Å². The first-order valence-corrected chi connectivity index (χ1v) is 9.70. The molecule has 2 aliphatic rings. The molecule has 1 aliphatic carbocycles. The highest BCUT2D eigenvalue weighted by Gasteiger charge is 2.28. The molecule has 0 radical (unpaired) electrons. The second-order valence-corrected chi connectivity index (χ2v) is 9.29. The molecule has 0 unspecified atom stereocenters.